The average Bonchev–Trinajstić information content (AvgIpc) is 2.83. The number of carbonyl (C=O) groups is 1. The number of aromatic nitrogens is 1. The molecule has 0 spiro atoms. The number of ether oxygens (including phenoxy) is 1. The predicted molar refractivity (Wildman–Crippen MR) is 90.8 cm³/mol. The van der Waals surface area contributed by atoms with Gasteiger partial charge in [-0.2, -0.15) is 0 Å². The Labute approximate surface area is 141 Å². The number of carbonyl (C=O) groups excluding carboxylic acids is 1. The van der Waals surface area contributed by atoms with Crippen LogP contribution in [0.25, 0.3) is 11.3 Å². The zero-order valence-electron chi connectivity index (χ0n) is 12.9. The number of aryl methyl sites for hydroxylation is 1. The summed E-state index contributed by atoms with van der Waals surface area (Å²) in [7, 11) is 0. The minimum absolute atomic E-state index is 0.204. The fourth-order valence-corrected chi connectivity index (χ4v) is 3.26. The van der Waals surface area contributed by atoms with Crippen LogP contribution in [0.5, 0.6) is 5.75 Å². The molecule has 0 N–H and O–H groups in total. The Morgan fingerprint density at radius 3 is 2.46 bits per heavy atom. The van der Waals surface area contributed by atoms with Crippen molar-refractivity contribution in [3.63, 3.8) is 0 Å². The van der Waals surface area contributed by atoms with E-state index in [4.69, 9.17) is 4.74 Å². The number of hydrogen-bond donors (Lipinski definition) is 0. The molecule has 2 aromatic carbocycles. The molecule has 0 aliphatic heterocycles. The Morgan fingerprint density at radius 2 is 1.79 bits per heavy atom. The molecule has 0 saturated carbocycles. The van der Waals surface area contributed by atoms with Crippen LogP contribution >= 0.6 is 11.3 Å². The smallest absolute Gasteiger partial charge is 0.331 e. The van der Waals surface area contributed by atoms with Gasteiger partial charge in [-0.15, -0.1) is 0 Å². The fourth-order valence-electron chi connectivity index (χ4n) is 2.41. The van der Waals surface area contributed by atoms with Crippen molar-refractivity contribution < 1.29 is 13.9 Å². The zero-order chi connectivity index (χ0) is 17.1. The van der Waals surface area contributed by atoms with Crippen molar-refractivity contribution >= 4 is 17.3 Å². The van der Waals surface area contributed by atoms with E-state index >= 15 is 0 Å². The molecule has 0 radical (unpaired) electrons. The highest BCUT2D eigenvalue weighted by molar-refractivity contribution is 7.09. The van der Waals surface area contributed by atoms with Gasteiger partial charge >= 0.3 is 10.8 Å². The Bertz CT molecular complexity index is 914. The number of halogens is 1. The van der Waals surface area contributed by atoms with Gasteiger partial charge in [-0.05, 0) is 48.9 Å². The molecular weight excluding hydrogens is 329 g/mol. The third kappa shape index (κ3) is 3.44. The van der Waals surface area contributed by atoms with Gasteiger partial charge in [0.15, 0.2) is 0 Å². The van der Waals surface area contributed by atoms with Gasteiger partial charge in [-0.1, -0.05) is 29.5 Å². The van der Waals surface area contributed by atoms with Crippen LogP contribution in [0.15, 0.2) is 59.4 Å². The third-order valence-corrected chi connectivity index (χ3v) is 4.34. The molecule has 0 fully saturated rings. The quantitative estimate of drug-likeness (QED) is 0.537. The molecule has 0 amide bonds. The van der Waals surface area contributed by atoms with Gasteiger partial charge in [0.05, 0.1) is 5.69 Å². The summed E-state index contributed by atoms with van der Waals surface area (Å²) in [5.74, 6) is -0.473. The summed E-state index contributed by atoms with van der Waals surface area (Å²) >= 11 is 1.05. The van der Waals surface area contributed by atoms with Gasteiger partial charge in [-0.3, -0.25) is 9.36 Å². The van der Waals surface area contributed by atoms with E-state index in [1.807, 2.05) is 6.07 Å². The molecule has 1 aromatic heterocycles. The second-order valence-electron chi connectivity index (χ2n) is 5.15. The van der Waals surface area contributed by atoms with Crippen molar-refractivity contribution in [3.8, 4) is 17.0 Å². The van der Waals surface area contributed by atoms with Crippen molar-refractivity contribution in [2.24, 2.45) is 0 Å². The van der Waals surface area contributed by atoms with Crippen LogP contribution < -0.4 is 9.61 Å². The van der Waals surface area contributed by atoms with Crippen molar-refractivity contribution in [3.05, 3.63) is 75.0 Å². The maximum Gasteiger partial charge on any atom is 0.331 e. The minimum Gasteiger partial charge on any atom is -0.425 e. The van der Waals surface area contributed by atoms with Crippen molar-refractivity contribution in [2.75, 3.05) is 0 Å². The Morgan fingerprint density at radius 1 is 1.12 bits per heavy atom. The number of rotatable bonds is 4. The van der Waals surface area contributed by atoms with Crippen molar-refractivity contribution in [1.82, 2.24) is 4.57 Å². The summed E-state index contributed by atoms with van der Waals surface area (Å²) in [6.45, 7) is 1.59. The van der Waals surface area contributed by atoms with E-state index < -0.39 is 5.97 Å². The van der Waals surface area contributed by atoms with Crippen LogP contribution in [-0.4, -0.2) is 10.5 Å². The maximum atomic E-state index is 13.1. The second-order valence-corrected chi connectivity index (χ2v) is 6.32. The topological polar surface area (TPSA) is 48.3 Å². The molecule has 4 nitrogen and oxygen atoms in total. The van der Waals surface area contributed by atoms with E-state index in [0.717, 1.165) is 16.2 Å². The van der Waals surface area contributed by atoms with Crippen LogP contribution in [0.1, 0.15) is 4.88 Å². The molecule has 0 saturated heterocycles. The summed E-state index contributed by atoms with van der Waals surface area (Å²) in [6, 6.07) is 14.5. The zero-order valence-corrected chi connectivity index (χ0v) is 13.7. The van der Waals surface area contributed by atoms with Crippen molar-refractivity contribution in [1.29, 1.82) is 0 Å². The van der Waals surface area contributed by atoms with Gasteiger partial charge in [0, 0.05) is 4.88 Å². The molecule has 3 aromatic rings. The molecule has 0 bridgehead atoms. The van der Waals surface area contributed by atoms with Crippen LogP contribution in [0.2, 0.25) is 0 Å². The highest BCUT2D eigenvalue weighted by Gasteiger charge is 2.17. The van der Waals surface area contributed by atoms with Crippen LogP contribution in [0, 0.1) is 12.7 Å². The van der Waals surface area contributed by atoms with E-state index in [2.05, 4.69) is 0 Å². The highest BCUT2D eigenvalue weighted by atomic mass is 32.1. The lowest BCUT2D eigenvalue weighted by Crippen LogP contribution is -2.23. The monoisotopic (exact) mass is 343 g/mol. The second kappa shape index (κ2) is 6.80. The van der Waals surface area contributed by atoms with Crippen LogP contribution in [-0.2, 0) is 11.3 Å². The standard InChI is InChI=1S/C18H14FNO3S/c1-12-17(13-7-9-14(19)10-8-13)20(18(22)24-12)11-16(21)23-15-5-3-2-4-6-15/h2-10H,11H2,1H3. The Kier molecular flexibility index (Phi) is 4.57. The lowest BCUT2D eigenvalue weighted by atomic mass is 10.1. The Hall–Kier alpha value is -2.73. The Balaban J connectivity index is 1.89. The SMILES string of the molecule is Cc1sc(=O)n(CC(=O)Oc2ccccc2)c1-c1ccc(F)cc1. The highest BCUT2D eigenvalue weighted by Crippen LogP contribution is 2.25. The molecular formula is C18H14FNO3S. The largest absolute Gasteiger partial charge is 0.425 e. The number of esters is 1. The molecule has 0 aliphatic rings. The van der Waals surface area contributed by atoms with E-state index in [-0.39, 0.29) is 17.2 Å². The molecule has 6 heteroatoms. The van der Waals surface area contributed by atoms with E-state index in [1.54, 1.807) is 43.3 Å². The molecule has 24 heavy (non-hydrogen) atoms. The van der Waals surface area contributed by atoms with Gasteiger partial charge in [-0.25, -0.2) is 9.18 Å². The predicted octanol–water partition coefficient (Wildman–Crippen LogP) is 3.63. The third-order valence-electron chi connectivity index (χ3n) is 3.44. The van der Waals surface area contributed by atoms with Gasteiger partial charge in [0.1, 0.15) is 18.1 Å². The summed E-state index contributed by atoms with van der Waals surface area (Å²) in [4.78, 5) is 24.8. The number of thiazole rings is 1. The molecule has 0 atom stereocenters. The molecule has 1 heterocycles. The van der Waals surface area contributed by atoms with E-state index in [0.29, 0.717) is 17.0 Å². The van der Waals surface area contributed by atoms with Gasteiger partial charge < -0.3 is 4.74 Å². The van der Waals surface area contributed by atoms with Gasteiger partial charge in [0.25, 0.3) is 0 Å². The number of nitrogens with zero attached hydrogens (tertiary/aromatic N) is 1. The normalized spacial score (nSPS) is 10.6. The number of para-hydroxylation sites is 1. The number of benzene rings is 2. The summed E-state index contributed by atoms with van der Waals surface area (Å²) in [6.07, 6.45) is 0. The minimum atomic E-state index is -0.538. The maximum absolute atomic E-state index is 13.1. The fraction of sp³-hybridized carbons (Fsp3) is 0.111. The number of hydrogen-bond acceptors (Lipinski definition) is 4. The molecule has 0 unspecified atom stereocenters. The summed E-state index contributed by atoms with van der Waals surface area (Å²) in [5.41, 5.74) is 1.29. The lowest BCUT2D eigenvalue weighted by molar-refractivity contribution is -0.135. The average molecular weight is 343 g/mol. The van der Waals surface area contributed by atoms with E-state index in [1.165, 1.54) is 16.7 Å². The lowest BCUT2D eigenvalue weighted by Gasteiger charge is -2.09. The molecule has 122 valence electrons. The van der Waals surface area contributed by atoms with Crippen LogP contribution in [0.4, 0.5) is 4.39 Å². The molecule has 3 rings (SSSR count). The first kappa shape index (κ1) is 16.1. The van der Waals surface area contributed by atoms with Gasteiger partial charge in [0.2, 0.25) is 0 Å². The summed E-state index contributed by atoms with van der Waals surface area (Å²) in [5, 5.41) is 0. The first-order valence-corrected chi connectivity index (χ1v) is 8.08. The van der Waals surface area contributed by atoms with Crippen LogP contribution in [0.3, 0.4) is 0 Å². The first-order valence-electron chi connectivity index (χ1n) is 7.26. The molecule has 0 aliphatic carbocycles. The van der Waals surface area contributed by atoms with Crippen molar-refractivity contribution in [2.45, 2.75) is 13.5 Å². The summed E-state index contributed by atoms with van der Waals surface area (Å²) < 4.78 is 19.7. The van der Waals surface area contributed by atoms with E-state index in [9.17, 15) is 14.0 Å². The first-order chi connectivity index (χ1) is 11.5.